The zero-order valence-corrected chi connectivity index (χ0v) is 51.2. The lowest BCUT2D eigenvalue weighted by molar-refractivity contribution is -0.144. The fourth-order valence-electron chi connectivity index (χ4n) is 12.4. The number of benzene rings is 3. The third-order valence-electron chi connectivity index (χ3n) is 17.2. The van der Waals surface area contributed by atoms with Crippen molar-refractivity contribution in [3.63, 3.8) is 0 Å². The van der Waals surface area contributed by atoms with E-state index in [1.165, 1.54) is 21.0 Å². The van der Waals surface area contributed by atoms with Crippen LogP contribution in [0.5, 0.6) is 0 Å². The van der Waals surface area contributed by atoms with Gasteiger partial charge in [0.05, 0.1) is 42.7 Å². The Morgan fingerprint density at radius 2 is 1.44 bits per heavy atom. The molecule has 10 atom stereocenters. The van der Waals surface area contributed by atoms with E-state index in [0.29, 0.717) is 38.6 Å². The largest absolute Gasteiger partial charge is 0.449 e. The smallest absolute Gasteiger partial charge is 0.408 e. The van der Waals surface area contributed by atoms with Crippen molar-refractivity contribution in [2.24, 2.45) is 17.8 Å². The number of carbonyl (C=O) groups is 8. The van der Waals surface area contributed by atoms with Crippen LogP contribution in [-0.2, 0) is 49.4 Å². The van der Waals surface area contributed by atoms with Gasteiger partial charge in [-0.1, -0.05) is 133 Å². The van der Waals surface area contributed by atoms with Crippen LogP contribution in [0.4, 0.5) is 9.59 Å². The molecule has 2 fully saturated rings. The normalized spacial score (nSPS) is 19.1. The quantitative estimate of drug-likeness (QED) is 0.0348. The number of hydrogen-bond acceptors (Lipinski definition) is 12. The Morgan fingerprint density at radius 1 is 0.798 bits per heavy atom. The van der Waals surface area contributed by atoms with E-state index in [2.05, 4.69) is 37.2 Å². The van der Waals surface area contributed by atoms with Crippen molar-refractivity contribution in [2.75, 3.05) is 47.5 Å². The predicted molar refractivity (Wildman–Crippen MR) is 321 cm³/mol. The molecule has 0 aromatic heterocycles. The maximum Gasteiger partial charge on any atom is 0.408 e. The number of alkyl carbamates (subject to hydrolysis) is 1. The van der Waals surface area contributed by atoms with Crippen LogP contribution < -0.4 is 37.2 Å². The van der Waals surface area contributed by atoms with Crippen molar-refractivity contribution >= 4 is 47.6 Å². The van der Waals surface area contributed by atoms with Gasteiger partial charge in [-0.15, -0.1) is 0 Å². The van der Waals surface area contributed by atoms with E-state index < -0.39 is 77.6 Å². The Kier molecular flexibility index (Phi) is 24.7. The Morgan fingerprint density at radius 3 is 2.05 bits per heavy atom. The lowest BCUT2D eigenvalue weighted by atomic mass is 9.87. The number of unbranched alkanes of at least 4 members (excludes halogenated alkanes) is 2. The maximum absolute atomic E-state index is 14.7. The molecule has 20 heteroatoms. The van der Waals surface area contributed by atoms with Gasteiger partial charge in [0.2, 0.25) is 29.5 Å². The molecule has 84 heavy (non-hydrogen) atoms. The molecule has 460 valence electrons. The number of methoxy groups -OCH3 is 2. The number of ether oxygens (including phenoxy) is 3. The van der Waals surface area contributed by atoms with Crippen LogP contribution in [0.15, 0.2) is 78.9 Å². The van der Waals surface area contributed by atoms with E-state index in [0.717, 1.165) is 47.1 Å². The lowest BCUT2D eigenvalue weighted by Crippen LogP contribution is -2.62. The predicted octanol–water partition coefficient (Wildman–Crippen LogP) is 6.35. The Hall–Kier alpha value is -6.90. The number of amides is 9. The molecular formula is C64H93N9O11. The summed E-state index contributed by atoms with van der Waals surface area (Å²) in [5.74, 6) is -3.83. The Labute approximate surface area is 496 Å². The second-order valence-electron chi connectivity index (χ2n) is 23.9. The number of hydrogen-bond donors (Lipinski definition) is 7. The van der Waals surface area contributed by atoms with Crippen LogP contribution in [0.2, 0.25) is 0 Å². The van der Waals surface area contributed by atoms with Crippen LogP contribution in [-0.4, -0.2) is 159 Å². The van der Waals surface area contributed by atoms with Gasteiger partial charge in [-0.2, -0.15) is 0 Å². The summed E-state index contributed by atoms with van der Waals surface area (Å²) < 4.78 is 18.0. The fraction of sp³-hybridized carbons (Fsp3) is 0.594. The highest BCUT2D eigenvalue weighted by atomic mass is 16.5. The SMILES string of the molecule is CC[C@H](C)[C@@H]([C@@H](CC(=O)N1CCC[C@H]1[C@H](OC)[C@@H](C)C(=O)N[C@@H](Cc1ccccc1)C(=O)NCCNC(=O)CCCCC[C@@H]1NC(=O)N[C@@H]1C)OC)N(C)[C@H](C(=O)NC(=O)C(C)(C)NC(=O)OCC1c2ccccc2-c2ccccc21)C(C)C. The summed E-state index contributed by atoms with van der Waals surface area (Å²) in [6.45, 7) is 15.4. The monoisotopic (exact) mass is 1160 g/mol. The second kappa shape index (κ2) is 31.3. The molecule has 0 bridgehead atoms. The van der Waals surface area contributed by atoms with Crippen molar-refractivity contribution in [1.82, 2.24) is 47.0 Å². The van der Waals surface area contributed by atoms with Gasteiger partial charge in [-0.05, 0) is 93.2 Å². The van der Waals surface area contributed by atoms with Gasteiger partial charge in [-0.3, -0.25) is 39.0 Å². The Bertz CT molecular complexity index is 2680. The van der Waals surface area contributed by atoms with E-state index in [1.54, 1.807) is 26.0 Å². The van der Waals surface area contributed by atoms with Gasteiger partial charge in [0.1, 0.15) is 18.2 Å². The van der Waals surface area contributed by atoms with E-state index in [-0.39, 0.29) is 80.2 Å². The highest BCUT2D eigenvalue weighted by Gasteiger charge is 2.45. The summed E-state index contributed by atoms with van der Waals surface area (Å²) in [6, 6.07) is 22.6. The number of carbonyl (C=O) groups excluding carboxylic acids is 8. The first-order valence-electron chi connectivity index (χ1n) is 30.1. The molecule has 0 radical (unpaired) electrons. The number of nitrogens with one attached hydrogen (secondary N) is 7. The van der Waals surface area contributed by atoms with Crippen molar-refractivity contribution in [3.8, 4) is 11.1 Å². The van der Waals surface area contributed by atoms with E-state index in [4.69, 9.17) is 14.2 Å². The van der Waals surface area contributed by atoms with Gasteiger partial charge in [-0.25, -0.2) is 9.59 Å². The molecule has 3 aliphatic rings. The molecule has 2 aliphatic heterocycles. The summed E-state index contributed by atoms with van der Waals surface area (Å²) in [7, 11) is 4.86. The van der Waals surface area contributed by atoms with Gasteiger partial charge >= 0.3 is 12.1 Å². The first-order chi connectivity index (χ1) is 40.1. The first kappa shape index (κ1) is 66.2. The van der Waals surface area contributed by atoms with Crippen LogP contribution in [0.1, 0.15) is 136 Å². The number of likely N-dealkylation sites (N-methyl/N-ethyl adjacent to an activating group) is 1. The van der Waals surface area contributed by atoms with Crippen molar-refractivity contribution in [2.45, 2.75) is 180 Å². The number of likely N-dealkylation sites (tertiary alicyclic amines) is 1. The Balaban J connectivity index is 1.03. The molecule has 9 amide bonds. The maximum atomic E-state index is 14.7. The standard InChI is InChI=1S/C64H93N9O11/c1-12-40(4)56(72(9)55(39(2)3)60(78)70-61(79)64(7,8)71-63(81)84-38-48-46-28-21-19-26-44(46)45-27-20-22-29-47(45)48)52(82-10)37-54(75)73-35-23-31-51(73)57(83-11)41(5)58(76)68-50(36-43-24-15-13-16-25-43)59(77)66-34-33-65-53(74)32-18-14-17-30-49-42(6)67-62(80)69-49/h13,15-16,19-22,24-29,39-42,48-52,55-57H,12,14,17-18,23,30-38H2,1-11H3,(H,65,74)(H,66,77)(H,68,76)(H,71,81)(H2,67,69,80)(H,70,78,79)/t40-,41+,42+,49-,50-,51-,52+,55-,56-,57+/m0/s1. The molecule has 0 saturated carbocycles. The zero-order valence-electron chi connectivity index (χ0n) is 51.2. The molecule has 20 nitrogen and oxygen atoms in total. The number of urea groups is 1. The van der Waals surface area contributed by atoms with E-state index >= 15 is 0 Å². The molecule has 0 unspecified atom stereocenters. The van der Waals surface area contributed by atoms with Crippen LogP contribution >= 0.6 is 0 Å². The summed E-state index contributed by atoms with van der Waals surface area (Å²) >= 11 is 0. The molecule has 1 aliphatic carbocycles. The van der Waals surface area contributed by atoms with Crippen molar-refractivity contribution < 1.29 is 52.6 Å². The van der Waals surface area contributed by atoms with Crippen molar-refractivity contribution in [1.29, 1.82) is 0 Å². The average molecular weight is 1160 g/mol. The van der Waals surface area contributed by atoms with Crippen molar-refractivity contribution in [3.05, 3.63) is 95.6 Å². The molecule has 0 spiro atoms. The summed E-state index contributed by atoms with van der Waals surface area (Å²) in [5.41, 5.74) is 3.56. The summed E-state index contributed by atoms with van der Waals surface area (Å²) in [5, 5.41) is 19.7. The number of fused-ring (bicyclic) bond motifs is 3. The van der Waals surface area contributed by atoms with Crippen LogP contribution in [0, 0.1) is 17.8 Å². The second-order valence-corrected chi connectivity index (χ2v) is 23.9. The first-order valence-corrected chi connectivity index (χ1v) is 30.1. The van der Waals surface area contributed by atoms with Gasteiger partial charge in [0.15, 0.2) is 0 Å². The molecule has 7 N–H and O–H groups in total. The molecular weight excluding hydrogens is 1070 g/mol. The molecule has 2 saturated heterocycles. The molecule has 2 heterocycles. The highest BCUT2D eigenvalue weighted by Crippen LogP contribution is 2.44. The third-order valence-corrected chi connectivity index (χ3v) is 17.2. The highest BCUT2D eigenvalue weighted by molar-refractivity contribution is 6.02. The van der Waals surface area contributed by atoms with E-state index in [9.17, 15) is 38.4 Å². The summed E-state index contributed by atoms with van der Waals surface area (Å²) in [4.78, 5) is 112. The molecule has 3 aromatic rings. The number of imide groups is 1. The zero-order chi connectivity index (χ0) is 61.3. The van der Waals surface area contributed by atoms with Gasteiger partial charge < -0.3 is 51.0 Å². The minimum absolute atomic E-state index is 0.0502. The van der Waals surface area contributed by atoms with Crippen LogP contribution in [0.25, 0.3) is 11.1 Å². The van der Waals surface area contributed by atoms with Crippen LogP contribution in [0.3, 0.4) is 0 Å². The summed E-state index contributed by atoms with van der Waals surface area (Å²) in [6.07, 6.45) is 3.45. The third kappa shape index (κ3) is 17.4. The topological polar surface area (TPSA) is 255 Å². The fourth-order valence-corrected chi connectivity index (χ4v) is 12.4. The van der Waals surface area contributed by atoms with Gasteiger partial charge in [0, 0.05) is 64.7 Å². The molecule has 6 rings (SSSR count). The number of rotatable bonds is 31. The number of nitrogens with zero attached hydrogens (tertiary/aromatic N) is 2. The lowest BCUT2D eigenvalue weighted by Gasteiger charge is -2.43. The molecule has 3 aromatic carbocycles. The average Bonchev–Trinajstić information content (AvgIpc) is 2.59. The minimum Gasteiger partial charge on any atom is -0.449 e. The van der Waals surface area contributed by atoms with Gasteiger partial charge in [0.25, 0.3) is 5.91 Å². The minimum atomic E-state index is -1.54. The van der Waals surface area contributed by atoms with E-state index in [1.807, 2.05) is 118 Å².